The van der Waals surface area contributed by atoms with Crippen LogP contribution in [-0.4, -0.2) is 47.0 Å². The van der Waals surface area contributed by atoms with Crippen LogP contribution in [0.3, 0.4) is 0 Å². The molecule has 1 aromatic heterocycles. The zero-order chi connectivity index (χ0) is 21.2. The number of carbonyl (C=O) groups excluding carboxylic acids is 2. The first-order valence-electron chi connectivity index (χ1n) is 9.86. The zero-order valence-corrected chi connectivity index (χ0v) is 16.6. The lowest BCUT2D eigenvalue weighted by molar-refractivity contribution is 0.0853. The van der Waals surface area contributed by atoms with Crippen LogP contribution >= 0.6 is 0 Å². The van der Waals surface area contributed by atoms with Crippen molar-refractivity contribution >= 4 is 11.7 Å². The molecule has 0 aliphatic carbocycles. The molecule has 0 radical (unpaired) electrons. The molecule has 3 aromatic rings. The predicted octanol–water partition coefficient (Wildman–Crippen LogP) is 2.26. The number of aliphatic hydroxyl groups excluding tert-OH is 1. The molecule has 0 aliphatic rings. The van der Waals surface area contributed by atoms with E-state index >= 15 is 0 Å². The van der Waals surface area contributed by atoms with E-state index in [0.29, 0.717) is 12.0 Å². The summed E-state index contributed by atoms with van der Waals surface area (Å²) in [7, 11) is 0. The maximum absolute atomic E-state index is 12.5. The number of ketones is 1. The third-order valence-electron chi connectivity index (χ3n) is 4.75. The van der Waals surface area contributed by atoms with Gasteiger partial charge in [-0.2, -0.15) is 0 Å². The summed E-state index contributed by atoms with van der Waals surface area (Å²) in [6.07, 6.45) is 1.17. The number of carbonyl (C=O) groups is 2. The topological polar surface area (TPSA) is 91.3 Å². The van der Waals surface area contributed by atoms with Crippen LogP contribution in [0.25, 0.3) is 0 Å². The van der Waals surface area contributed by atoms with Gasteiger partial charge in [0.05, 0.1) is 12.6 Å². The zero-order valence-electron chi connectivity index (χ0n) is 16.6. The number of nitrogens with one attached hydrogen (secondary N) is 2. The Bertz CT molecular complexity index is 934. The summed E-state index contributed by atoms with van der Waals surface area (Å²) in [6.45, 7) is 0.131. The van der Waals surface area contributed by atoms with E-state index in [1.165, 1.54) is 0 Å². The van der Waals surface area contributed by atoms with Crippen LogP contribution in [0.1, 0.15) is 26.4 Å². The molecule has 0 saturated heterocycles. The van der Waals surface area contributed by atoms with Gasteiger partial charge in [0.25, 0.3) is 5.91 Å². The highest BCUT2D eigenvalue weighted by Crippen LogP contribution is 2.08. The Labute approximate surface area is 176 Å². The summed E-state index contributed by atoms with van der Waals surface area (Å²) in [4.78, 5) is 28.7. The van der Waals surface area contributed by atoms with E-state index in [2.05, 4.69) is 15.6 Å². The van der Waals surface area contributed by atoms with E-state index in [4.69, 9.17) is 0 Å². The Morgan fingerprint density at radius 3 is 2.23 bits per heavy atom. The lowest BCUT2D eigenvalue weighted by Crippen LogP contribution is -2.48. The molecule has 6 nitrogen and oxygen atoms in total. The monoisotopic (exact) mass is 403 g/mol. The van der Waals surface area contributed by atoms with Crippen molar-refractivity contribution in [3.05, 3.63) is 102 Å². The fourth-order valence-electron chi connectivity index (χ4n) is 3.09. The van der Waals surface area contributed by atoms with Crippen LogP contribution in [0.15, 0.2) is 85.1 Å². The van der Waals surface area contributed by atoms with Gasteiger partial charge >= 0.3 is 0 Å². The summed E-state index contributed by atoms with van der Waals surface area (Å²) in [5.41, 5.74) is 1.93. The minimum Gasteiger partial charge on any atom is -0.390 e. The first-order valence-corrected chi connectivity index (χ1v) is 9.86. The molecule has 3 N–H and O–H groups in total. The van der Waals surface area contributed by atoms with Crippen LogP contribution in [0.5, 0.6) is 0 Å². The average Bonchev–Trinajstić information content (AvgIpc) is 2.81. The van der Waals surface area contributed by atoms with Crippen LogP contribution in [0.2, 0.25) is 0 Å². The summed E-state index contributed by atoms with van der Waals surface area (Å²) in [5.74, 6) is -0.410. The third kappa shape index (κ3) is 6.34. The highest BCUT2D eigenvalue weighted by Gasteiger charge is 2.21. The fraction of sp³-hybridized carbons (Fsp3) is 0.208. The number of aromatic nitrogens is 1. The van der Waals surface area contributed by atoms with Crippen molar-refractivity contribution in [1.29, 1.82) is 0 Å². The van der Waals surface area contributed by atoms with Gasteiger partial charge in [0.15, 0.2) is 5.78 Å². The largest absolute Gasteiger partial charge is 0.390 e. The van der Waals surface area contributed by atoms with Crippen molar-refractivity contribution in [2.75, 3.05) is 13.1 Å². The SMILES string of the molecule is O=C(CNC(Cc1ccccc1)C(O)CNC(=O)c1ccccn1)c1ccccc1. The second-order valence-corrected chi connectivity index (χ2v) is 6.96. The van der Waals surface area contributed by atoms with E-state index in [1.807, 2.05) is 48.5 Å². The third-order valence-corrected chi connectivity index (χ3v) is 4.75. The van der Waals surface area contributed by atoms with Crippen molar-refractivity contribution in [2.24, 2.45) is 0 Å². The number of rotatable bonds is 10. The molecule has 1 heterocycles. The van der Waals surface area contributed by atoms with Crippen molar-refractivity contribution in [3.8, 4) is 0 Å². The molecule has 0 spiro atoms. The molecule has 2 aromatic carbocycles. The van der Waals surface area contributed by atoms with Gasteiger partial charge in [-0.05, 0) is 24.1 Å². The van der Waals surface area contributed by atoms with Crippen LogP contribution in [0, 0.1) is 0 Å². The molecule has 3 rings (SSSR count). The molecule has 2 unspecified atom stereocenters. The summed E-state index contributed by atoms with van der Waals surface area (Å²) in [6, 6.07) is 23.4. The molecule has 1 amide bonds. The quantitative estimate of drug-likeness (QED) is 0.452. The maximum atomic E-state index is 12.5. The van der Waals surface area contributed by atoms with Gasteiger partial charge in [-0.3, -0.25) is 14.6 Å². The Morgan fingerprint density at radius 1 is 0.900 bits per heavy atom. The number of benzene rings is 2. The molecule has 0 aliphatic heterocycles. The molecular weight excluding hydrogens is 378 g/mol. The molecule has 0 bridgehead atoms. The lowest BCUT2D eigenvalue weighted by Gasteiger charge is -2.24. The molecule has 0 saturated carbocycles. The predicted molar refractivity (Wildman–Crippen MR) is 115 cm³/mol. The lowest BCUT2D eigenvalue weighted by atomic mass is 10.0. The Kier molecular flexibility index (Phi) is 7.83. The van der Waals surface area contributed by atoms with Gasteiger partial charge in [0.2, 0.25) is 0 Å². The van der Waals surface area contributed by atoms with E-state index in [-0.39, 0.29) is 30.5 Å². The van der Waals surface area contributed by atoms with Gasteiger partial charge in [0, 0.05) is 24.3 Å². The summed E-state index contributed by atoms with van der Waals surface area (Å²) >= 11 is 0. The van der Waals surface area contributed by atoms with Crippen molar-refractivity contribution in [1.82, 2.24) is 15.6 Å². The van der Waals surface area contributed by atoms with Gasteiger partial charge in [-0.1, -0.05) is 66.7 Å². The second-order valence-electron chi connectivity index (χ2n) is 6.96. The van der Waals surface area contributed by atoms with Crippen molar-refractivity contribution in [2.45, 2.75) is 18.6 Å². The molecule has 30 heavy (non-hydrogen) atoms. The normalized spacial score (nSPS) is 12.7. The Hall–Kier alpha value is -3.35. The van der Waals surface area contributed by atoms with Crippen LogP contribution < -0.4 is 10.6 Å². The standard InChI is InChI=1S/C24H25N3O3/c28-22(19-11-5-2-6-12-19)16-26-21(15-18-9-3-1-4-10-18)23(29)17-27-24(30)20-13-7-8-14-25-20/h1-14,21,23,26,29H,15-17H2,(H,27,30). The molecule has 0 fully saturated rings. The van der Waals surface area contributed by atoms with Gasteiger partial charge in [0.1, 0.15) is 5.69 Å². The highest BCUT2D eigenvalue weighted by atomic mass is 16.3. The molecule has 2 atom stereocenters. The minimum atomic E-state index is -0.888. The smallest absolute Gasteiger partial charge is 0.269 e. The number of nitrogens with zero attached hydrogens (tertiary/aromatic N) is 1. The summed E-state index contributed by atoms with van der Waals surface area (Å²) in [5, 5.41) is 16.6. The van der Waals surface area contributed by atoms with E-state index in [1.54, 1.807) is 36.5 Å². The minimum absolute atomic E-state index is 0.0411. The fourth-order valence-corrected chi connectivity index (χ4v) is 3.09. The van der Waals surface area contributed by atoms with Crippen molar-refractivity contribution in [3.63, 3.8) is 0 Å². The number of hydrogen-bond donors (Lipinski definition) is 3. The van der Waals surface area contributed by atoms with Gasteiger partial charge < -0.3 is 15.7 Å². The van der Waals surface area contributed by atoms with E-state index in [0.717, 1.165) is 5.56 Å². The number of aliphatic hydroxyl groups is 1. The second kappa shape index (κ2) is 11.0. The van der Waals surface area contributed by atoms with E-state index < -0.39 is 12.1 Å². The molecule has 154 valence electrons. The number of amides is 1. The van der Waals surface area contributed by atoms with Crippen LogP contribution in [0.4, 0.5) is 0 Å². The number of Topliss-reactive ketones (excluding diaryl/α,β-unsaturated/α-hetero) is 1. The molecule has 6 heteroatoms. The van der Waals surface area contributed by atoms with Crippen LogP contribution in [-0.2, 0) is 6.42 Å². The first-order chi connectivity index (χ1) is 14.6. The van der Waals surface area contributed by atoms with Crippen molar-refractivity contribution < 1.29 is 14.7 Å². The number of pyridine rings is 1. The maximum Gasteiger partial charge on any atom is 0.269 e. The average molecular weight is 403 g/mol. The summed E-state index contributed by atoms with van der Waals surface area (Å²) < 4.78 is 0. The molecular formula is C24H25N3O3. The Morgan fingerprint density at radius 2 is 1.57 bits per heavy atom. The Balaban J connectivity index is 1.62. The highest BCUT2D eigenvalue weighted by molar-refractivity contribution is 5.97. The van der Waals surface area contributed by atoms with Gasteiger partial charge in [-0.15, -0.1) is 0 Å². The van der Waals surface area contributed by atoms with Gasteiger partial charge in [-0.25, -0.2) is 0 Å². The first kappa shape index (κ1) is 21.4. The van der Waals surface area contributed by atoms with E-state index in [9.17, 15) is 14.7 Å². The number of hydrogen-bond acceptors (Lipinski definition) is 5.